The molecule has 4 heteroatoms. The molecule has 11 heavy (non-hydrogen) atoms. The first-order valence-electron chi connectivity index (χ1n) is 3.32. The highest BCUT2D eigenvalue weighted by molar-refractivity contribution is 5.31. The number of nitriles is 1. The van der Waals surface area contributed by atoms with E-state index in [9.17, 15) is 0 Å². The minimum Gasteiger partial charge on any atom is -0.491 e. The summed E-state index contributed by atoms with van der Waals surface area (Å²) < 4.78 is 1.62. The quantitative estimate of drug-likeness (QED) is 0.652. The SMILES string of the molecule is CC(C)n1cnc(O)c1C#N. The van der Waals surface area contributed by atoms with Gasteiger partial charge in [0.25, 0.3) is 0 Å². The largest absolute Gasteiger partial charge is 0.491 e. The monoisotopic (exact) mass is 151 g/mol. The lowest BCUT2D eigenvalue weighted by atomic mass is 10.3. The Balaban J connectivity index is 3.19. The lowest BCUT2D eigenvalue weighted by Crippen LogP contribution is -2.00. The van der Waals surface area contributed by atoms with Gasteiger partial charge in [-0.3, -0.25) is 0 Å². The van der Waals surface area contributed by atoms with Crippen molar-refractivity contribution in [2.24, 2.45) is 0 Å². The van der Waals surface area contributed by atoms with E-state index in [2.05, 4.69) is 4.98 Å². The van der Waals surface area contributed by atoms with Gasteiger partial charge in [-0.15, -0.1) is 0 Å². The molecule has 1 heterocycles. The summed E-state index contributed by atoms with van der Waals surface area (Å²) in [6.07, 6.45) is 1.46. The molecule has 1 aromatic heterocycles. The van der Waals surface area contributed by atoms with Crippen LogP contribution in [-0.4, -0.2) is 14.7 Å². The van der Waals surface area contributed by atoms with Crippen LogP contribution < -0.4 is 0 Å². The summed E-state index contributed by atoms with van der Waals surface area (Å²) in [4.78, 5) is 3.60. The molecule has 0 atom stereocenters. The molecule has 0 bridgehead atoms. The highest BCUT2D eigenvalue weighted by atomic mass is 16.3. The number of hydrogen-bond donors (Lipinski definition) is 1. The van der Waals surface area contributed by atoms with Crippen molar-refractivity contribution in [1.29, 1.82) is 5.26 Å². The molecule has 1 aromatic rings. The molecule has 4 nitrogen and oxygen atoms in total. The minimum atomic E-state index is -0.193. The first-order valence-corrected chi connectivity index (χ1v) is 3.32. The molecule has 0 unspecified atom stereocenters. The Morgan fingerprint density at radius 3 is 2.73 bits per heavy atom. The summed E-state index contributed by atoms with van der Waals surface area (Å²) in [7, 11) is 0. The predicted octanol–water partition coefficient (Wildman–Crippen LogP) is 1.04. The molecule has 0 aliphatic rings. The van der Waals surface area contributed by atoms with Crippen molar-refractivity contribution in [3.05, 3.63) is 12.0 Å². The summed E-state index contributed by atoms with van der Waals surface area (Å²) in [6.45, 7) is 3.84. The molecule has 0 saturated heterocycles. The lowest BCUT2D eigenvalue weighted by molar-refractivity contribution is 0.451. The molecule has 0 amide bonds. The van der Waals surface area contributed by atoms with Crippen LogP contribution in [0.5, 0.6) is 5.88 Å². The average Bonchev–Trinajstić information content (AvgIpc) is 2.30. The molecule has 58 valence electrons. The third-order valence-electron chi connectivity index (χ3n) is 1.44. The normalized spacial score (nSPS) is 10.0. The predicted molar refractivity (Wildman–Crippen MR) is 39.0 cm³/mol. The van der Waals surface area contributed by atoms with E-state index in [1.165, 1.54) is 6.33 Å². The fraction of sp³-hybridized carbons (Fsp3) is 0.429. The molecular weight excluding hydrogens is 142 g/mol. The summed E-state index contributed by atoms with van der Waals surface area (Å²) in [5.41, 5.74) is 0.222. The smallest absolute Gasteiger partial charge is 0.248 e. The molecule has 0 aliphatic heterocycles. The first kappa shape index (κ1) is 7.61. The van der Waals surface area contributed by atoms with Crippen molar-refractivity contribution in [2.75, 3.05) is 0 Å². The van der Waals surface area contributed by atoms with Crippen LogP contribution in [0.1, 0.15) is 25.6 Å². The van der Waals surface area contributed by atoms with E-state index in [1.807, 2.05) is 19.9 Å². The second kappa shape index (κ2) is 2.62. The van der Waals surface area contributed by atoms with Crippen LogP contribution in [-0.2, 0) is 0 Å². The Morgan fingerprint density at radius 2 is 2.36 bits per heavy atom. The Kier molecular flexibility index (Phi) is 1.81. The fourth-order valence-corrected chi connectivity index (χ4v) is 0.851. The average molecular weight is 151 g/mol. The van der Waals surface area contributed by atoms with E-state index >= 15 is 0 Å². The zero-order chi connectivity index (χ0) is 8.43. The maximum absolute atomic E-state index is 9.03. The Hall–Kier alpha value is -1.50. The molecule has 0 aromatic carbocycles. The number of imidazole rings is 1. The molecule has 0 saturated carbocycles. The van der Waals surface area contributed by atoms with E-state index in [0.717, 1.165) is 0 Å². The maximum Gasteiger partial charge on any atom is 0.248 e. The maximum atomic E-state index is 9.03. The fourth-order valence-electron chi connectivity index (χ4n) is 0.851. The topological polar surface area (TPSA) is 61.8 Å². The van der Waals surface area contributed by atoms with Crippen LogP contribution >= 0.6 is 0 Å². The summed E-state index contributed by atoms with van der Waals surface area (Å²) in [5, 5.41) is 17.6. The second-order valence-electron chi connectivity index (χ2n) is 2.53. The molecule has 0 fully saturated rings. The van der Waals surface area contributed by atoms with Crippen molar-refractivity contribution in [1.82, 2.24) is 9.55 Å². The molecular formula is C7H9N3O. The molecule has 1 N–H and O–H groups in total. The van der Waals surface area contributed by atoms with Gasteiger partial charge in [0.2, 0.25) is 5.88 Å². The third-order valence-corrected chi connectivity index (χ3v) is 1.44. The molecule has 1 rings (SSSR count). The summed E-state index contributed by atoms with van der Waals surface area (Å²) in [6, 6.07) is 2.03. The second-order valence-corrected chi connectivity index (χ2v) is 2.53. The van der Waals surface area contributed by atoms with Crippen molar-refractivity contribution in [2.45, 2.75) is 19.9 Å². The Morgan fingerprint density at radius 1 is 1.73 bits per heavy atom. The van der Waals surface area contributed by atoms with E-state index in [1.54, 1.807) is 4.57 Å². The number of hydrogen-bond acceptors (Lipinski definition) is 3. The lowest BCUT2D eigenvalue weighted by Gasteiger charge is -2.05. The highest BCUT2D eigenvalue weighted by Gasteiger charge is 2.10. The zero-order valence-electron chi connectivity index (χ0n) is 6.44. The third kappa shape index (κ3) is 1.17. The van der Waals surface area contributed by atoms with Crippen LogP contribution in [0, 0.1) is 11.3 Å². The van der Waals surface area contributed by atoms with Crippen LogP contribution in [0.4, 0.5) is 0 Å². The van der Waals surface area contributed by atoms with Gasteiger partial charge in [0, 0.05) is 6.04 Å². The highest BCUT2D eigenvalue weighted by Crippen LogP contribution is 2.16. The van der Waals surface area contributed by atoms with Crippen molar-refractivity contribution in [3.63, 3.8) is 0 Å². The van der Waals surface area contributed by atoms with Crippen molar-refractivity contribution < 1.29 is 5.11 Å². The van der Waals surface area contributed by atoms with Gasteiger partial charge in [-0.1, -0.05) is 0 Å². The van der Waals surface area contributed by atoms with E-state index in [4.69, 9.17) is 10.4 Å². The van der Waals surface area contributed by atoms with Crippen LogP contribution in [0.25, 0.3) is 0 Å². The van der Waals surface area contributed by atoms with Gasteiger partial charge in [0.1, 0.15) is 12.4 Å². The first-order chi connectivity index (χ1) is 5.16. The van der Waals surface area contributed by atoms with E-state index in [0.29, 0.717) is 0 Å². The number of aromatic nitrogens is 2. The van der Waals surface area contributed by atoms with Gasteiger partial charge in [0.05, 0.1) is 0 Å². The Bertz CT molecular complexity index is 295. The summed E-state index contributed by atoms with van der Waals surface area (Å²) >= 11 is 0. The van der Waals surface area contributed by atoms with Gasteiger partial charge in [-0.25, -0.2) is 4.98 Å². The number of nitrogens with zero attached hydrogens (tertiary/aromatic N) is 3. The van der Waals surface area contributed by atoms with Crippen LogP contribution in [0.3, 0.4) is 0 Å². The molecule has 0 radical (unpaired) electrons. The molecule has 0 aliphatic carbocycles. The van der Waals surface area contributed by atoms with Gasteiger partial charge >= 0.3 is 0 Å². The standard InChI is InChI=1S/C7H9N3O/c1-5(2)10-4-9-7(11)6(10)3-8/h4-5,11H,1-2H3. The number of rotatable bonds is 1. The summed E-state index contributed by atoms with van der Waals surface area (Å²) in [5.74, 6) is -0.193. The zero-order valence-corrected chi connectivity index (χ0v) is 6.44. The van der Waals surface area contributed by atoms with Gasteiger partial charge in [-0.2, -0.15) is 5.26 Å². The Labute approximate surface area is 64.7 Å². The minimum absolute atomic E-state index is 0.151. The van der Waals surface area contributed by atoms with Crippen LogP contribution in [0.15, 0.2) is 6.33 Å². The van der Waals surface area contributed by atoms with Crippen molar-refractivity contribution in [3.8, 4) is 11.9 Å². The van der Waals surface area contributed by atoms with Gasteiger partial charge in [-0.05, 0) is 13.8 Å². The van der Waals surface area contributed by atoms with Crippen LogP contribution in [0.2, 0.25) is 0 Å². The van der Waals surface area contributed by atoms with Gasteiger partial charge in [0.15, 0.2) is 5.69 Å². The van der Waals surface area contributed by atoms with Gasteiger partial charge < -0.3 is 9.67 Å². The molecule has 0 spiro atoms. The number of aromatic hydroxyl groups is 1. The van der Waals surface area contributed by atoms with E-state index < -0.39 is 0 Å². The van der Waals surface area contributed by atoms with E-state index in [-0.39, 0.29) is 17.6 Å². The van der Waals surface area contributed by atoms with Crippen molar-refractivity contribution >= 4 is 0 Å².